The van der Waals surface area contributed by atoms with E-state index in [1.165, 1.54) is 9.21 Å². The molecule has 1 aromatic carbocycles. The number of allylic oxidation sites excluding steroid dienone is 4. The zero-order valence-corrected chi connectivity index (χ0v) is 18.0. The highest BCUT2D eigenvalue weighted by Crippen LogP contribution is 2.53. The van der Waals surface area contributed by atoms with Crippen LogP contribution in [0.25, 0.3) is 0 Å². The number of nitrogens with zero attached hydrogens (tertiary/aromatic N) is 2. The zero-order chi connectivity index (χ0) is 20.8. The van der Waals surface area contributed by atoms with E-state index in [0.29, 0.717) is 19.3 Å². The molecule has 1 N–H and O–H groups in total. The average molecular weight is 481 g/mol. The van der Waals surface area contributed by atoms with Crippen molar-refractivity contribution in [3.63, 3.8) is 0 Å². The number of piperidine rings is 1. The molecule has 1 amide bonds. The molecule has 3 aliphatic rings. The Morgan fingerprint density at radius 2 is 1.86 bits per heavy atom. The Labute approximate surface area is 177 Å². The molecular formula is C20H21BrN2O5S. The SMILES string of the molecule is O=C(O)CN1C(=O)C2(CCN(S(=O)(=O)c3ccc(Br)cc3)CC2)C2CC=CC=C21. The summed E-state index contributed by atoms with van der Waals surface area (Å²) in [6.45, 7) is 0.106. The first-order valence-electron chi connectivity index (χ1n) is 9.42. The van der Waals surface area contributed by atoms with Crippen LogP contribution in [0.1, 0.15) is 19.3 Å². The molecule has 1 spiro atoms. The van der Waals surface area contributed by atoms with E-state index in [0.717, 1.165) is 10.2 Å². The maximum atomic E-state index is 13.3. The number of halogens is 1. The summed E-state index contributed by atoms with van der Waals surface area (Å²) in [4.78, 5) is 26.1. The molecule has 1 unspecified atom stereocenters. The van der Waals surface area contributed by atoms with Crippen molar-refractivity contribution in [1.29, 1.82) is 0 Å². The summed E-state index contributed by atoms with van der Waals surface area (Å²) < 4.78 is 28.2. The van der Waals surface area contributed by atoms with Crippen molar-refractivity contribution in [3.05, 3.63) is 52.7 Å². The molecule has 29 heavy (non-hydrogen) atoms. The number of carboxylic acid groups (broad SMARTS) is 1. The van der Waals surface area contributed by atoms with Gasteiger partial charge in [0.05, 0.1) is 10.3 Å². The molecule has 7 nitrogen and oxygen atoms in total. The molecule has 1 atom stereocenters. The minimum absolute atomic E-state index is 0.100. The van der Waals surface area contributed by atoms with Crippen LogP contribution in [0.5, 0.6) is 0 Å². The Kier molecular flexibility index (Phi) is 5.16. The van der Waals surface area contributed by atoms with E-state index in [1.807, 2.05) is 18.2 Å². The average Bonchev–Trinajstić information content (AvgIpc) is 2.91. The summed E-state index contributed by atoms with van der Waals surface area (Å²) in [5.74, 6) is -1.35. The predicted octanol–water partition coefficient (Wildman–Crippen LogP) is 2.61. The van der Waals surface area contributed by atoms with Crippen LogP contribution in [0.3, 0.4) is 0 Å². The lowest BCUT2D eigenvalue weighted by Gasteiger charge is -2.40. The lowest BCUT2D eigenvalue weighted by atomic mass is 9.68. The largest absolute Gasteiger partial charge is 0.480 e. The number of hydrogen-bond donors (Lipinski definition) is 1. The minimum atomic E-state index is -3.64. The first-order valence-corrected chi connectivity index (χ1v) is 11.7. The van der Waals surface area contributed by atoms with Crippen LogP contribution in [-0.4, -0.2) is 54.2 Å². The van der Waals surface area contributed by atoms with Crippen molar-refractivity contribution in [3.8, 4) is 0 Å². The summed E-state index contributed by atoms with van der Waals surface area (Å²) >= 11 is 3.31. The van der Waals surface area contributed by atoms with Crippen LogP contribution in [0.4, 0.5) is 0 Å². The molecule has 2 heterocycles. The molecule has 0 saturated carbocycles. The van der Waals surface area contributed by atoms with E-state index in [4.69, 9.17) is 0 Å². The van der Waals surface area contributed by atoms with Gasteiger partial charge < -0.3 is 10.0 Å². The number of aliphatic carboxylic acids is 1. The van der Waals surface area contributed by atoms with Gasteiger partial charge in [-0.05, 0) is 49.6 Å². The second kappa shape index (κ2) is 7.37. The van der Waals surface area contributed by atoms with Gasteiger partial charge in [0.25, 0.3) is 0 Å². The minimum Gasteiger partial charge on any atom is -0.480 e. The topological polar surface area (TPSA) is 95.0 Å². The molecule has 4 rings (SSSR count). The van der Waals surface area contributed by atoms with Crippen molar-refractivity contribution in [1.82, 2.24) is 9.21 Å². The molecule has 1 aliphatic carbocycles. The fraction of sp³-hybridized carbons (Fsp3) is 0.400. The quantitative estimate of drug-likeness (QED) is 0.714. The number of carbonyl (C=O) groups is 2. The van der Waals surface area contributed by atoms with Gasteiger partial charge in [-0.15, -0.1) is 0 Å². The Morgan fingerprint density at radius 3 is 2.48 bits per heavy atom. The van der Waals surface area contributed by atoms with Crippen LogP contribution < -0.4 is 0 Å². The third kappa shape index (κ3) is 3.35. The van der Waals surface area contributed by atoms with Gasteiger partial charge in [0, 0.05) is 29.2 Å². The summed E-state index contributed by atoms with van der Waals surface area (Å²) in [5.41, 5.74) is 0.00161. The number of carbonyl (C=O) groups excluding carboxylic acids is 1. The first-order chi connectivity index (χ1) is 13.8. The normalized spacial score (nSPS) is 23.9. The van der Waals surface area contributed by atoms with E-state index < -0.39 is 21.4 Å². The Balaban J connectivity index is 1.58. The van der Waals surface area contributed by atoms with Crippen molar-refractivity contribution in [2.75, 3.05) is 19.6 Å². The Morgan fingerprint density at radius 1 is 1.21 bits per heavy atom. The fourth-order valence-corrected chi connectivity index (χ4v) is 6.39. The molecule has 0 aromatic heterocycles. The highest BCUT2D eigenvalue weighted by Gasteiger charge is 2.58. The van der Waals surface area contributed by atoms with Gasteiger partial charge >= 0.3 is 5.97 Å². The number of rotatable bonds is 4. The Hall–Kier alpha value is -1.97. The van der Waals surface area contributed by atoms with Crippen LogP contribution in [-0.2, 0) is 19.6 Å². The highest BCUT2D eigenvalue weighted by molar-refractivity contribution is 9.10. The van der Waals surface area contributed by atoms with Crippen LogP contribution in [0, 0.1) is 11.3 Å². The van der Waals surface area contributed by atoms with Crippen LogP contribution >= 0.6 is 15.9 Å². The van der Waals surface area contributed by atoms with Crippen molar-refractivity contribution < 1.29 is 23.1 Å². The molecule has 2 aliphatic heterocycles. The number of sulfonamides is 1. The van der Waals surface area contributed by atoms with Gasteiger partial charge in [0.2, 0.25) is 15.9 Å². The van der Waals surface area contributed by atoms with Gasteiger partial charge in [-0.3, -0.25) is 9.59 Å². The van der Waals surface area contributed by atoms with Crippen molar-refractivity contribution >= 4 is 37.8 Å². The molecule has 154 valence electrons. The predicted molar refractivity (Wildman–Crippen MR) is 109 cm³/mol. The molecule has 9 heteroatoms. The van der Waals surface area contributed by atoms with E-state index >= 15 is 0 Å². The fourth-order valence-electron chi connectivity index (χ4n) is 4.68. The molecule has 2 fully saturated rings. The van der Waals surface area contributed by atoms with Gasteiger partial charge in [0.15, 0.2) is 0 Å². The number of likely N-dealkylation sites (tertiary alicyclic amines) is 1. The lowest BCUT2D eigenvalue weighted by molar-refractivity contribution is -0.146. The summed E-state index contributed by atoms with van der Waals surface area (Å²) in [5, 5.41) is 9.23. The summed E-state index contributed by atoms with van der Waals surface area (Å²) in [6, 6.07) is 6.50. The standard InChI is InChI=1S/C20H21BrN2O5S/c21-14-5-7-15(8-6-14)29(27,28)22-11-9-20(10-12-22)16-3-1-2-4-17(16)23(19(20)26)13-18(24)25/h1-2,4-8,16H,3,9-13H2,(H,24,25). The second-order valence-electron chi connectivity index (χ2n) is 7.61. The van der Waals surface area contributed by atoms with Crippen molar-refractivity contribution in [2.45, 2.75) is 24.2 Å². The van der Waals surface area contributed by atoms with Crippen molar-refractivity contribution in [2.24, 2.45) is 11.3 Å². The number of hydrogen-bond acceptors (Lipinski definition) is 4. The number of benzene rings is 1. The van der Waals surface area contributed by atoms with E-state index in [2.05, 4.69) is 15.9 Å². The highest BCUT2D eigenvalue weighted by atomic mass is 79.9. The maximum Gasteiger partial charge on any atom is 0.323 e. The number of fused-ring (bicyclic) bond motifs is 2. The second-order valence-corrected chi connectivity index (χ2v) is 10.5. The summed E-state index contributed by atoms with van der Waals surface area (Å²) in [6.07, 6.45) is 7.07. The number of amides is 1. The summed E-state index contributed by atoms with van der Waals surface area (Å²) in [7, 11) is -3.64. The first kappa shape index (κ1) is 20.3. The monoisotopic (exact) mass is 480 g/mol. The Bertz CT molecular complexity index is 1010. The zero-order valence-electron chi connectivity index (χ0n) is 15.6. The maximum absolute atomic E-state index is 13.3. The molecular weight excluding hydrogens is 460 g/mol. The van der Waals surface area contributed by atoms with E-state index in [9.17, 15) is 23.1 Å². The van der Waals surface area contributed by atoms with Crippen LogP contribution in [0.15, 0.2) is 57.6 Å². The van der Waals surface area contributed by atoms with Crippen LogP contribution in [0.2, 0.25) is 0 Å². The van der Waals surface area contributed by atoms with Gasteiger partial charge in [-0.25, -0.2) is 8.42 Å². The lowest BCUT2D eigenvalue weighted by Crippen LogP contribution is -2.48. The molecule has 1 aromatic rings. The third-order valence-corrected chi connectivity index (χ3v) is 8.58. The van der Waals surface area contributed by atoms with Gasteiger partial charge in [0.1, 0.15) is 6.54 Å². The third-order valence-electron chi connectivity index (χ3n) is 6.14. The molecule has 0 radical (unpaired) electrons. The van der Waals surface area contributed by atoms with E-state index in [-0.39, 0.29) is 36.4 Å². The van der Waals surface area contributed by atoms with E-state index in [1.54, 1.807) is 24.3 Å². The van der Waals surface area contributed by atoms with Gasteiger partial charge in [-0.1, -0.05) is 28.1 Å². The smallest absolute Gasteiger partial charge is 0.323 e. The molecule has 2 saturated heterocycles. The molecule has 0 bridgehead atoms. The van der Waals surface area contributed by atoms with Gasteiger partial charge in [-0.2, -0.15) is 4.31 Å². The number of carboxylic acids is 1.